The van der Waals surface area contributed by atoms with Gasteiger partial charge in [0.2, 0.25) is 19.5 Å². The highest BCUT2D eigenvalue weighted by Crippen LogP contribution is 2.44. The summed E-state index contributed by atoms with van der Waals surface area (Å²) in [5.41, 5.74) is 7.56. The molecule has 3 atom stereocenters. The summed E-state index contributed by atoms with van der Waals surface area (Å²) in [6.07, 6.45) is 4.81. The highest BCUT2D eigenvalue weighted by Gasteiger charge is 2.47. The van der Waals surface area contributed by atoms with Gasteiger partial charge in [-0.2, -0.15) is 0 Å². The molecular formula is C31H41N3O7. The molecule has 1 saturated heterocycles. The second-order valence-corrected chi connectivity index (χ2v) is 11.0. The van der Waals surface area contributed by atoms with E-state index in [9.17, 15) is 14.7 Å². The molecule has 5 rings (SSSR count). The molecule has 0 saturated carbocycles. The summed E-state index contributed by atoms with van der Waals surface area (Å²) >= 11 is 0. The molecule has 0 aromatic heterocycles. The van der Waals surface area contributed by atoms with E-state index in [1.807, 2.05) is 41.3 Å². The SMILES string of the molecule is CCCCN(CCCCN)C(=O)CN1CC(c2ccc3c(c2)OCO3)C(C(=O)O)C1CCc1cccc2c1OCO2. The Morgan fingerprint density at radius 3 is 2.59 bits per heavy atom. The standard InChI is InChI=1S/C31H41N3O7/c1-2-3-14-33(15-5-4-13-32)28(35)18-34-17-23(22-10-12-25-27(16-22)40-19-38-25)29(31(36)37)24(34)11-9-21-7-6-8-26-30(21)41-20-39-26/h6-8,10,12,16,23-24,29H,2-5,9,11,13-15,17-20,32H2,1H3,(H,36,37). The van der Waals surface area contributed by atoms with Crippen LogP contribution in [0.4, 0.5) is 0 Å². The van der Waals surface area contributed by atoms with E-state index in [-0.39, 0.29) is 38.0 Å². The number of benzene rings is 2. The monoisotopic (exact) mass is 567 g/mol. The number of amides is 1. The number of fused-ring (bicyclic) bond motifs is 2. The fourth-order valence-corrected chi connectivity index (χ4v) is 6.26. The first-order valence-electron chi connectivity index (χ1n) is 14.7. The lowest BCUT2D eigenvalue weighted by Crippen LogP contribution is -2.45. The molecule has 10 nitrogen and oxygen atoms in total. The Labute approximate surface area is 241 Å². The van der Waals surface area contributed by atoms with Crippen molar-refractivity contribution in [2.75, 3.05) is 46.3 Å². The molecule has 0 aliphatic carbocycles. The number of nitrogens with zero attached hydrogens (tertiary/aromatic N) is 2. The Morgan fingerprint density at radius 2 is 1.78 bits per heavy atom. The second kappa shape index (κ2) is 13.4. The first-order chi connectivity index (χ1) is 20.0. The molecule has 3 aliphatic rings. The zero-order valence-electron chi connectivity index (χ0n) is 23.8. The second-order valence-electron chi connectivity index (χ2n) is 11.0. The molecule has 0 spiro atoms. The number of nitrogens with two attached hydrogens (primary N) is 1. The van der Waals surface area contributed by atoms with Crippen LogP contribution in [0.3, 0.4) is 0 Å². The van der Waals surface area contributed by atoms with Crippen LogP contribution < -0.4 is 24.7 Å². The Hall–Kier alpha value is -3.50. The van der Waals surface area contributed by atoms with Gasteiger partial charge in [0.1, 0.15) is 0 Å². The fourth-order valence-electron chi connectivity index (χ4n) is 6.26. The summed E-state index contributed by atoms with van der Waals surface area (Å²) < 4.78 is 22.3. The van der Waals surface area contributed by atoms with Gasteiger partial charge in [0, 0.05) is 31.6 Å². The lowest BCUT2D eigenvalue weighted by Gasteiger charge is -2.30. The van der Waals surface area contributed by atoms with Crippen molar-refractivity contribution < 1.29 is 33.6 Å². The van der Waals surface area contributed by atoms with E-state index >= 15 is 0 Å². The first-order valence-corrected chi connectivity index (χ1v) is 14.7. The van der Waals surface area contributed by atoms with Crippen molar-refractivity contribution >= 4 is 11.9 Å². The van der Waals surface area contributed by atoms with E-state index in [1.54, 1.807) is 0 Å². The molecule has 2 aromatic rings. The third kappa shape index (κ3) is 6.54. The van der Waals surface area contributed by atoms with Crippen molar-refractivity contribution in [3.8, 4) is 23.0 Å². The van der Waals surface area contributed by atoms with Gasteiger partial charge in [0.15, 0.2) is 23.0 Å². The number of aryl methyl sites for hydroxylation is 1. The van der Waals surface area contributed by atoms with E-state index in [1.165, 1.54) is 0 Å². The van der Waals surface area contributed by atoms with Crippen LogP contribution in [0.2, 0.25) is 0 Å². The lowest BCUT2D eigenvalue weighted by molar-refractivity contribution is -0.143. The molecule has 3 heterocycles. The number of para-hydroxylation sites is 1. The summed E-state index contributed by atoms with van der Waals surface area (Å²) in [6.45, 7) is 5.03. The van der Waals surface area contributed by atoms with Crippen LogP contribution in [0.15, 0.2) is 36.4 Å². The largest absolute Gasteiger partial charge is 0.481 e. The lowest BCUT2D eigenvalue weighted by atomic mass is 9.83. The van der Waals surface area contributed by atoms with E-state index in [0.717, 1.165) is 42.6 Å². The van der Waals surface area contributed by atoms with Crippen molar-refractivity contribution in [1.29, 1.82) is 0 Å². The van der Waals surface area contributed by atoms with Crippen LogP contribution in [0.1, 0.15) is 56.1 Å². The maximum Gasteiger partial charge on any atom is 0.308 e. The van der Waals surface area contributed by atoms with Crippen molar-refractivity contribution in [2.24, 2.45) is 11.7 Å². The minimum atomic E-state index is -0.865. The van der Waals surface area contributed by atoms with Crippen LogP contribution >= 0.6 is 0 Å². The summed E-state index contributed by atoms with van der Waals surface area (Å²) in [6, 6.07) is 11.1. The highest BCUT2D eigenvalue weighted by atomic mass is 16.7. The van der Waals surface area contributed by atoms with Crippen molar-refractivity contribution in [3.63, 3.8) is 0 Å². The van der Waals surface area contributed by atoms with Gasteiger partial charge < -0.3 is 34.7 Å². The summed E-state index contributed by atoms with van der Waals surface area (Å²) in [5, 5.41) is 10.5. The Balaban J connectivity index is 1.40. The van der Waals surface area contributed by atoms with E-state index in [2.05, 4.69) is 11.8 Å². The number of ether oxygens (including phenoxy) is 4. The molecule has 3 unspecified atom stereocenters. The molecule has 3 aliphatic heterocycles. The van der Waals surface area contributed by atoms with Crippen LogP contribution in [0.25, 0.3) is 0 Å². The number of hydrogen-bond acceptors (Lipinski definition) is 8. The Kier molecular flexibility index (Phi) is 9.51. The number of aliphatic carboxylic acids is 1. The molecule has 222 valence electrons. The summed E-state index contributed by atoms with van der Waals surface area (Å²) in [5.74, 6) is 0.882. The third-order valence-electron chi connectivity index (χ3n) is 8.40. The van der Waals surface area contributed by atoms with E-state index in [4.69, 9.17) is 24.7 Å². The molecule has 0 bridgehead atoms. The predicted molar refractivity (Wildman–Crippen MR) is 152 cm³/mol. The molecule has 1 amide bonds. The number of unbranched alkanes of at least 4 members (excludes halogenated alkanes) is 2. The number of likely N-dealkylation sites (tertiary alicyclic amines) is 1. The smallest absolute Gasteiger partial charge is 0.308 e. The molecule has 0 radical (unpaired) electrons. The topological polar surface area (TPSA) is 124 Å². The van der Waals surface area contributed by atoms with E-state index < -0.39 is 11.9 Å². The number of carboxylic acids is 1. The van der Waals surface area contributed by atoms with Crippen molar-refractivity contribution in [1.82, 2.24) is 9.80 Å². The zero-order chi connectivity index (χ0) is 28.8. The normalized spacial score (nSPS) is 20.9. The number of carboxylic acid groups (broad SMARTS) is 1. The highest BCUT2D eigenvalue weighted by molar-refractivity contribution is 5.79. The average Bonchev–Trinajstić information content (AvgIpc) is 3.72. The van der Waals surface area contributed by atoms with E-state index in [0.29, 0.717) is 56.3 Å². The molecule has 10 heteroatoms. The average molecular weight is 568 g/mol. The molecule has 3 N–H and O–H groups in total. The van der Waals surface area contributed by atoms with Gasteiger partial charge in [0.25, 0.3) is 0 Å². The first kappa shape index (κ1) is 29.0. The number of carbonyl (C=O) groups excluding carboxylic acids is 1. The van der Waals surface area contributed by atoms with Gasteiger partial charge in [-0.3, -0.25) is 14.5 Å². The number of rotatable bonds is 14. The molecule has 41 heavy (non-hydrogen) atoms. The van der Waals surface area contributed by atoms with Gasteiger partial charge >= 0.3 is 5.97 Å². The number of carbonyl (C=O) groups is 2. The minimum Gasteiger partial charge on any atom is -0.481 e. The van der Waals surface area contributed by atoms with Crippen molar-refractivity contribution in [2.45, 2.75) is 57.4 Å². The maximum absolute atomic E-state index is 13.7. The molecule has 1 fully saturated rings. The van der Waals surface area contributed by atoms with Gasteiger partial charge in [-0.1, -0.05) is 31.5 Å². The Morgan fingerprint density at radius 1 is 1.00 bits per heavy atom. The maximum atomic E-state index is 13.7. The zero-order valence-corrected chi connectivity index (χ0v) is 23.8. The molecular weight excluding hydrogens is 526 g/mol. The minimum absolute atomic E-state index is 0.0354. The van der Waals surface area contributed by atoms with Gasteiger partial charge in [0.05, 0.1) is 12.5 Å². The number of hydrogen-bond donors (Lipinski definition) is 2. The summed E-state index contributed by atoms with van der Waals surface area (Å²) in [4.78, 5) is 30.6. The molecule has 2 aromatic carbocycles. The van der Waals surface area contributed by atoms with Crippen LogP contribution in [0, 0.1) is 5.92 Å². The van der Waals surface area contributed by atoms with Gasteiger partial charge in [-0.05, 0) is 68.0 Å². The quantitative estimate of drug-likeness (QED) is 0.330. The third-order valence-corrected chi connectivity index (χ3v) is 8.40. The van der Waals surface area contributed by atoms with Gasteiger partial charge in [-0.15, -0.1) is 0 Å². The van der Waals surface area contributed by atoms with Crippen molar-refractivity contribution in [3.05, 3.63) is 47.5 Å². The van der Waals surface area contributed by atoms with Crippen LogP contribution in [-0.2, 0) is 16.0 Å². The van der Waals surface area contributed by atoms with Gasteiger partial charge in [-0.25, -0.2) is 0 Å². The predicted octanol–water partition coefficient (Wildman–Crippen LogP) is 3.61. The van der Waals surface area contributed by atoms with Crippen LogP contribution in [0.5, 0.6) is 23.0 Å². The summed E-state index contributed by atoms with van der Waals surface area (Å²) in [7, 11) is 0. The Bertz CT molecular complexity index is 1220. The fraction of sp³-hybridized carbons (Fsp3) is 0.548. The van der Waals surface area contributed by atoms with Crippen LogP contribution in [-0.4, -0.2) is 79.1 Å².